The molecule has 0 aromatic heterocycles. The van der Waals surface area contributed by atoms with Crippen LogP contribution in [-0.4, -0.2) is 29.4 Å². The number of carbonyl (C=O) groups is 1. The number of nitrogen functional groups attached to an aromatic ring is 1. The molecule has 2 rings (SSSR count). The van der Waals surface area contributed by atoms with Crippen molar-refractivity contribution in [1.29, 1.82) is 5.41 Å². The normalized spacial score (nSPS) is 12.4. The Morgan fingerprint density at radius 2 is 1.96 bits per heavy atom. The highest BCUT2D eigenvalue weighted by Gasteiger charge is 2.20. The van der Waals surface area contributed by atoms with E-state index in [1.807, 2.05) is 13.8 Å². The molecule has 28 heavy (non-hydrogen) atoms. The van der Waals surface area contributed by atoms with Crippen molar-refractivity contribution >= 4 is 23.4 Å². The molecule has 0 bridgehead atoms. The predicted molar refractivity (Wildman–Crippen MR) is 106 cm³/mol. The number of halogens is 2. The molecule has 1 atom stereocenters. The molecule has 0 fully saturated rings. The average Bonchev–Trinajstić information content (AvgIpc) is 2.63. The zero-order chi connectivity index (χ0) is 20.8. The second kappa shape index (κ2) is 9.23. The van der Waals surface area contributed by atoms with E-state index in [1.165, 1.54) is 30.4 Å². The van der Waals surface area contributed by atoms with E-state index in [1.54, 1.807) is 12.1 Å². The molecule has 0 unspecified atom stereocenters. The van der Waals surface area contributed by atoms with E-state index in [2.05, 4.69) is 5.32 Å². The van der Waals surface area contributed by atoms with Gasteiger partial charge in [-0.25, -0.2) is 8.78 Å². The fourth-order valence-electron chi connectivity index (χ4n) is 2.54. The van der Waals surface area contributed by atoms with Crippen LogP contribution in [0.5, 0.6) is 0 Å². The highest BCUT2D eigenvalue weighted by Crippen LogP contribution is 2.20. The zero-order valence-electron chi connectivity index (χ0n) is 15.7. The second-order valence-electron chi connectivity index (χ2n) is 6.73. The molecule has 0 aliphatic heterocycles. The summed E-state index contributed by atoms with van der Waals surface area (Å²) in [5.41, 5.74) is 6.21. The summed E-state index contributed by atoms with van der Waals surface area (Å²) in [5.74, 6) is -1.97. The minimum absolute atomic E-state index is 0.00510. The van der Waals surface area contributed by atoms with Crippen LogP contribution >= 0.6 is 0 Å². The van der Waals surface area contributed by atoms with E-state index >= 15 is 0 Å². The van der Waals surface area contributed by atoms with Crippen molar-refractivity contribution in [2.75, 3.05) is 12.3 Å². The Kier molecular flexibility index (Phi) is 7.00. The van der Waals surface area contributed by atoms with Gasteiger partial charge in [0.05, 0.1) is 23.9 Å². The van der Waals surface area contributed by atoms with Gasteiger partial charge in [0.2, 0.25) is 0 Å². The highest BCUT2D eigenvalue weighted by molar-refractivity contribution is 6.13. The number of nitrogens with two attached hydrogens (primary N) is 1. The van der Waals surface area contributed by atoms with Crippen molar-refractivity contribution in [1.82, 2.24) is 5.32 Å². The molecule has 2 aromatic carbocycles. The molecule has 2 aromatic rings. The molecule has 0 heterocycles. The van der Waals surface area contributed by atoms with Crippen LogP contribution in [0.3, 0.4) is 0 Å². The third-order valence-corrected chi connectivity index (χ3v) is 4.28. The number of anilines is 1. The van der Waals surface area contributed by atoms with Crippen LogP contribution < -0.4 is 11.1 Å². The maximum absolute atomic E-state index is 14.3. The molecule has 0 radical (unpaired) electrons. The van der Waals surface area contributed by atoms with Crippen LogP contribution in [0, 0.1) is 23.0 Å². The Hall–Kier alpha value is -3.06. The number of nitrogens with one attached hydrogen (secondary N) is 2. The highest BCUT2D eigenvalue weighted by atomic mass is 19.1. The molecule has 0 aliphatic rings. The maximum Gasteiger partial charge on any atom is 0.254 e. The molecule has 5 nitrogen and oxygen atoms in total. The number of aliphatic hydroxyl groups is 1. The monoisotopic (exact) mass is 387 g/mol. The molecule has 0 saturated carbocycles. The molecular formula is C21H23F2N3O2. The van der Waals surface area contributed by atoms with Crippen molar-refractivity contribution in [2.24, 2.45) is 5.92 Å². The summed E-state index contributed by atoms with van der Waals surface area (Å²) in [6.07, 6.45) is 2.92. The summed E-state index contributed by atoms with van der Waals surface area (Å²) < 4.78 is 27.5. The summed E-state index contributed by atoms with van der Waals surface area (Å²) in [5, 5.41) is 20.1. The van der Waals surface area contributed by atoms with Crippen LogP contribution in [-0.2, 0) is 0 Å². The lowest BCUT2D eigenvalue weighted by atomic mass is 10.0. The van der Waals surface area contributed by atoms with Crippen molar-refractivity contribution < 1.29 is 18.7 Å². The van der Waals surface area contributed by atoms with Gasteiger partial charge in [-0.3, -0.25) is 4.79 Å². The van der Waals surface area contributed by atoms with E-state index in [4.69, 9.17) is 11.1 Å². The first-order valence-electron chi connectivity index (χ1n) is 8.76. The van der Waals surface area contributed by atoms with Gasteiger partial charge < -0.3 is 21.6 Å². The van der Waals surface area contributed by atoms with Gasteiger partial charge in [-0.05, 0) is 41.8 Å². The van der Waals surface area contributed by atoms with Crippen LogP contribution in [0.2, 0.25) is 0 Å². The standard InChI is InChI=1S/C21H23F2N3O2/c1-12(2)20(11-27)26-21(28)15-9-16(19(25)10-17(15)23)18(24)7-6-13-4-3-5-14(22)8-13/h3-10,12,20,24,27H,11,25H2,1-2H3,(H,26,28)/b7-6+,24-18?/t20-/m1/s1. The summed E-state index contributed by atoms with van der Waals surface area (Å²) >= 11 is 0. The van der Waals surface area contributed by atoms with Gasteiger partial charge in [0.15, 0.2) is 0 Å². The molecule has 5 N–H and O–H groups in total. The van der Waals surface area contributed by atoms with Crippen LogP contribution in [0.1, 0.15) is 35.3 Å². The molecule has 0 saturated heterocycles. The average molecular weight is 387 g/mol. The largest absolute Gasteiger partial charge is 0.398 e. The number of rotatable bonds is 7. The van der Waals surface area contributed by atoms with E-state index in [0.717, 1.165) is 6.07 Å². The lowest BCUT2D eigenvalue weighted by Gasteiger charge is -2.20. The summed E-state index contributed by atoms with van der Waals surface area (Å²) in [7, 11) is 0. The predicted octanol–water partition coefficient (Wildman–Crippen LogP) is 3.37. The SMILES string of the molecule is CC(C)[C@@H](CO)NC(=O)c1cc(C(=N)/C=C/c2cccc(F)c2)c(N)cc1F. The van der Waals surface area contributed by atoms with Gasteiger partial charge in [-0.2, -0.15) is 0 Å². The lowest BCUT2D eigenvalue weighted by molar-refractivity contribution is 0.0893. The number of carbonyl (C=O) groups excluding carboxylic acids is 1. The third-order valence-electron chi connectivity index (χ3n) is 4.28. The smallest absolute Gasteiger partial charge is 0.254 e. The van der Waals surface area contributed by atoms with Crippen molar-refractivity contribution in [3.63, 3.8) is 0 Å². The van der Waals surface area contributed by atoms with Gasteiger partial charge in [0, 0.05) is 11.3 Å². The molecule has 0 spiro atoms. The van der Waals surface area contributed by atoms with Crippen molar-refractivity contribution in [3.8, 4) is 0 Å². The number of aliphatic hydroxyl groups excluding tert-OH is 1. The Balaban J connectivity index is 2.29. The number of allylic oxidation sites excluding steroid dienone is 1. The van der Waals surface area contributed by atoms with E-state index in [-0.39, 0.29) is 35.1 Å². The quantitative estimate of drug-likeness (QED) is 0.433. The summed E-state index contributed by atoms with van der Waals surface area (Å²) in [6, 6.07) is 7.48. The number of benzene rings is 2. The van der Waals surface area contributed by atoms with Crippen molar-refractivity contribution in [2.45, 2.75) is 19.9 Å². The van der Waals surface area contributed by atoms with Gasteiger partial charge in [0.25, 0.3) is 5.91 Å². The summed E-state index contributed by atoms with van der Waals surface area (Å²) in [6.45, 7) is 3.36. The molecular weight excluding hydrogens is 364 g/mol. The second-order valence-corrected chi connectivity index (χ2v) is 6.73. The van der Waals surface area contributed by atoms with Crippen LogP contribution in [0.4, 0.5) is 14.5 Å². The minimum Gasteiger partial charge on any atom is -0.398 e. The minimum atomic E-state index is -0.818. The first-order chi connectivity index (χ1) is 13.2. The topological polar surface area (TPSA) is 99.2 Å². The Labute approximate surface area is 162 Å². The van der Waals surface area contributed by atoms with Gasteiger partial charge >= 0.3 is 0 Å². The van der Waals surface area contributed by atoms with E-state index in [0.29, 0.717) is 5.56 Å². The molecule has 148 valence electrons. The third kappa shape index (κ3) is 5.23. The number of hydrogen-bond acceptors (Lipinski definition) is 4. The van der Waals surface area contributed by atoms with Gasteiger partial charge in [-0.15, -0.1) is 0 Å². The maximum atomic E-state index is 14.3. The fraction of sp³-hybridized carbons (Fsp3) is 0.238. The van der Waals surface area contributed by atoms with Crippen LogP contribution in [0.25, 0.3) is 6.08 Å². The molecule has 7 heteroatoms. The Morgan fingerprint density at radius 3 is 2.57 bits per heavy atom. The number of amides is 1. The zero-order valence-corrected chi connectivity index (χ0v) is 15.7. The van der Waals surface area contributed by atoms with E-state index < -0.39 is 23.6 Å². The van der Waals surface area contributed by atoms with Crippen molar-refractivity contribution in [3.05, 3.63) is 70.8 Å². The molecule has 1 amide bonds. The van der Waals surface area contributed by atoms with Gasteiger partial charge in [0.1, 0.15) is 11.6 Å². The summed E-state index contributed by atoms with van der Waals surface area (Å²) in [4.78, 5) is 12.4. The number of hydrogen-bond donors (Lipinski definition) is 4. The molecule has 0 aliphatic carbocycles. The fourth-order valence-corrected chi connectivity index (χ4v) is 2.54. The lowest BCUT2D eigenvalue weighted by Crippen LogP contribution is -2.41. The van der Waals surface area contributed by atoms with Crippen LogP contribution in [0.15, 0.2) is 42.5 Å². The first-order valence-corrected chi connectivity index (χ1v) is 8.76. The van der Waals surface area contributed by atoms with E-state index in [9.17, 15) is 18.7 Å². The van der Waals surface area contributed by atoms with Gasteiger partial charge in [-0.1, -0.05) is 32.1 Å². The Bertz CT molecular complexity index is 911. The Morgan fingerprint density at radius 1 is 1.25 bits per heavy atom. The first kappa shape index (κ1) is 21.2.